The molecule has 4 heterocycles. The second-order valence-corrected chi connectivity index (χ2v) is 9.29. The van der Waals surface area contributed by atoms with Gasteiger partial charge >= 0.3 is 11.9 Å². The molecule has 1 aromatic carbocycles. The van der Waals surface area contributed by atoms with Crippen LogP contribution in [0.4, 0.5) is 5.69 Å². The fourth-order valence-electron chi connectivity index (χ4n) is 7.75. The van der Waals surface area contributed by atoms with E-state index in [2.05, 4.69) is 28.0 Å². The Morgan fingerprint density at radius 1 is 1.32 bits per heavy atom. The molecule has 1 saturated carbocycles. The lowest BCUT2D eigenvalue weighted by Crippen LogP contribution is -2.77. The van der Waals surface area contributed by atoms with Gasteiger partial charge in [-0.25, -0.2) is 0 Å². The maximum absolute atomic E-state index is 13.9. The minimum Gasteiger partial charge on any atom is -0.468 e. The standard InChI is InChI=1S/C24H30N2O5/c1-5-16-13-26-11-10-23-17-8-6-7-9-19(17)25(3)24(23,26)20(28)12-18(16)22(23,21(29)30-4)14-31-15(2)27/h5-9,18,20,28H,10-14H2,1-4H3/b16-5-/t18-,20+,22-,23-,24-/m0/s1. The number of aliphatic hydroxyl groups excluding tert-OH is 1. The largest absolute Gasteiger partial charge is 0.468 e. The molecule has 31 heavy (non-hydrogen) atoms. The normalized spacial score (nSPS) is 41.0. The number of allylic oxidation sites excluding steroid dienone is 1. The summed E-state index contributed by atoms with van der Waals surface area (Å²) in [6.45, 7) is 4.68. The minimum absolute atomic E-state index is 0.0680. The molecule has 6 atom stereocenters. The van der Waals surface area contributed by atoms with Gasteiger partial charge in [0.05, 0.1) is 18.6 Å². The van der Waals surface area contributed by atoms with Crippen LogP contribution in [0.3, 0.4) is 0 Å². The van der Waals surface area contributed by atoms with Gasteiger partial charge in [-0.05, 0) is 31.4 Å². The molecular weight excluding hydrogens is 396 g/mol. The third kappa shape index (κ3) is 2.02. The van der Waals surface area contributed by atoms with E-state index in [0.717, 1.165) is 23.4 Å². The van der Waals surface area contributed by atoms with Crippen LogP contribution in [0.5, 0.6) is 0 Å². The molecule has 1 unspecified atom stereocenters. The minimum atomic E-state index is -1.14. The van der Waals surface area contributed by atoms with E-state index in [1.165, 1.54) is 14.0 Å². The van der Waals surface area contributed by atoms with Gasteiger partial charge in [0.15, 0.2) is 0 Å². The number of likely N-dealkylation sites (N-methyl/N-ethyl adjacent to an activating group) is 1. The van der Waals surface area contributed by atoms with Crippen molar-refractivity contribution in [3.8, 4) is 0 Å². The van der Waals surface area contributed by atoms with Crippen molar-refractivity contribution in [2.75, 3.05) is 38.8 Å². The lowest BCUT2D eigenvalue weighted by atomic mass is 9.45. The van der Waals surface area contributed by atoms with Crippen LogP contribution in [-0.4, -0.2) is 67.6 Å². The monoisotopic (exact) mass is 426 g/mol. The fraction of sp³-hybridized carbons (Fsp3) is 0.583. The SMILES string of the molecule is C/C=C1/CN2CC[C@@]34c5ccccc5N(C)[C@@]23[C@H](O)C[C@@H]1[C@@]4(COC(C)=O)C(=O)OC. The third-order valence-electron chi connectivity index (χ3n) is 8.63. The number of aliphatic hydroxyl groups is 1. The lowest BCUT2D eigenvalue weighted by Gasteiger charge is -2.61. The summed E-state index contributed by atoms with van der Waals surface area (Å²) in [5.41, 5.74) is 0.395. The van der Waals surface area contributed by atoms with Crippen LogP contribution in [0, 0.1) is 11.3 Å². The van der Waals surface area contributed by atoms with Crippen molar-refractivity contribution in [3.63, 3.8) is 0 Å². The number of anilines is 1. The first-order valence-corrected chi connectivity index (χ1v) is 11.0. The maximum atomic E-state index is 13.9. The first-order valence-electron chi connectivity index (χ1n) is 11.0. The number of benzene rings is 1. The first-order chi connectivity index (χ1) is 14.8. The number of para-hydroxylation sites is 1. The van der Waals surface area contributed by atoms with Crippen LogP contribution >= 0.6 is 0 Å². The smallest absolute Gasteiger partial charge is 0.316 e. The topological polar surface area (TPSA) is 79.3 Å². The molecule has 3 saturated heterocycles. The zero-order valence-electron chi connectivity index (χ0n) is 18.6. The zero-order chi connectivity index (χ0) is 22.2. The molecule has 1 aromatic rings. The van der Waals surface area contributed by atoms with Gasteiger partial charge in [0.1, 0.15) is 17.7 Å². The van der Waals surface area contributed by atoms with E-state index in [-0.39, 0.29) is 18.5 Å². The zero-order valence-corrected chi connectivity index (χ0v) is 18.6. The molecule has 166 valence electrons. The number of carbonyl (C=O) groups is 2. The van der Waals surface area contributed by atoms with E-state index in [4.69, 9.17) is 9.47 Å². The number of hydrogen-bond donors (Lipinski definition) is 1. The average Bonchev–Trinajstić information content (AvgIpc) is 3.15. The molecule has 1 aliphatic carbocycles. The Bertz CT molecular complexity index is 992. The summed E-state index contributed by atoms with van der Waals surface area (Å²) in [5, 5.41) is 11.8. The highest BCUT2D eigenvalue weighted by Crippen LogP contribution is 2.74. The van der Waals surface area contributed by atoms with E-state index in [9.17, 15) is 14.7 Å². The molecule has 7 nitrogen and oxygen atoms in total. The van der Waals surface area contributed by atoms with Crippen molar-refractivity contribution in [1.29, 1.82) is 0 Å². The number of esters is 2. The summed E-state index contributed by atoms with van der Waals surface area (Å²) in [6.07, 6.45) is 2.47. The first kappa shape index (κ1) is 20.5. The number of hydrogen-bond acceptors (Lipinski definition) is 7. The lowest BCUT2D eigenvalue weighted by molar-refractivity contribution is -0.192. The predicted octanol–water partition coefficient (Wildman–Crippen LogP) is 1.84. The average molecular weight is 427 g/mol. The second-order valence-electron chi connectivity index (χ2n) is 9.29. The molecule has 5 aliphatic rings. The molecule has 7 heteroatoms. The molecule has 0 aromatic heterocycles. The summed E-state index contributed by atoms with van der Waals surface area (Å²) in [4.78, 5) is 30.4. The summed E-state index contributed by atoms with van der Waals surface area (Å²) in [7, 11) is 3.42. The molecule has 1 N–H and O–H groups in total. The van der Waals surface area contributed by atoms with Crippen molar-refractivity contribution in [1.82, 2.24) is 4.90 Å². The van der Waals surface area contributed by atoms with E-state index < -0.39 is 28.6 Å². The highest BCUT2D eigenvalue weighted by molar-refractivity contribution is 5.86. The Morgan fingerprint density at radius 2 is 2.06 bits per heavy atom. The molecule has 1 spiro atoms. The summed E-state index contributed by atoms with van der Waals surface area (Å²) in [6, 6.07) is 8.09. The van der Waals surface area contributed by atoms with Crippen LogP contribution in [0.2, 0.25) is 0 Å². The van der Waals surface area contributed by atoms with Gasteiger partial charge in [-0.15, -0.1) is 0 Å². The summed E-state index contributed by atoms with van der Waals surface area (Å²) in [5.74, 6) is -1.09. The van der Waals surface area contributed by atoms with E-state index >= 15 is 0 Å². The number of carbonyl (C=O) groups excluding carboxylic acids is 2. The number of nitrogens with zero attached hydrogens (tertiary/aromatic N) is 2. The third-order valence-corrected chi connectivity index (χ3v) is 8.63. The van der Waals surface area contributed by atoms with Gasteiger partial charge < -0.3 is 19.5 Å². The van der Waals surface area contributed by atoms with Crippen LogP contribution in [0.1, 0.15) is 32.3 Å². The second kappa shape index (κ2) is 6.56. The van der Waals surface area contributed by atoms with Gasteiger partial charge in [0.25, 0.3) is 0 Å². The highest BCUT2D eigenvalue weighted by Gasteiger charge is 2.84. The van der Waals surface area contributed by atoms with Crippen molar-refractivity contribution in [2.24, 2.45) is 11.3 Å². The Balaban J connectivity index is 1.92. The van der Waals surface area contributed by atoms with Crippen LogP contribution in [0.15, 0.2) is 35.9 Å². The Morgan fingerprint density at radius 3 is 2.74 bits per heavy atom. The molecule has 4 aliphatic heterocycles. The van der Waals surface area contributed by atoms with Gasteiger partial charge in [-0.2, -0.15) is 0 Å². The Hall–Kier alpha value is -2.38. The summed E-state index contributed by atoms with van der Waals surface area (Å²) >= 11 is 0. The predicted molar refractivity (Wildman–Crippen MR) is 114 cm³/mol. The molecule has 4 fully saturated rings. The van der Waals surface area contributed by atoms with Gasteiger partial charge in [-0.3, -0.25) is 14.5 Å². The molecule has 6 rings (SSSR count). The molecule has 4 bridgehead atoms. The van der Waals surface area contributed by atoms with Gasteiger partial charge in [0.2, 0.25) is 0 Å². The van der Waals surface area contributed by atoms with E-state index in [1.54, 1.807) is 0 Å². The molecular formula is C24H30N2O5. The number of fused-ring (bicyclic) bond motifs is 3. The number of ether oxygens (including phenoxy) is 2. The highest BCUT2D eigenvalue weighted by atomic mass is 16.5. The van der Waals surface area contributed by atoms with Crippen LogP contribution in [0.25, 0.3) is 0 Å². The van der Waals surface area contributed by atoms with Gasteiger partial charge in [-0.1, -0.05) is 29.8 Å². The van der Waals surface area contributed by atoms with Gasteiger partial charge in [0, 0.05) is 38.7 Å². The van der Waals surface area contributed by atoms with E-state index in [0.29, 0.717) is 19.4 Å². The van der Waals surface area contributed by atoms with Crippen LogP contribution < -0.4 is 4.90 Å². The fourth-order valence-corrected chi connectivity index (χ4v) is 7.75. The quantitative estimate of drug-likeness (QED) is 0.584. The Kier molecular flexibility index (Phi) is 4.34. The van der Waals surface area contributed by atoms with Crippen molar-refractivity contribution < 1.29 is 24.2 Å². The molecule has 0 amide bonds. The number of methoxy groups -OCH3 is 1. The van der Waals surface area contributed by atoms with E-state index in [1.807, 2.05) is 26.1 Å². The summed E-state index contributed by atoms with van der Waals surface area (Å²) < 4.78 is 11.1. The van der Waals surface area contributed by atoms with Crippen LogP contribution in [-0.2, 0) is 24.5 Å². The van der Waals surface area contributed by atoms with Crippen molar-refractivity contribution in [2.45, 2.75) is 43.9 Å². The Labute approximate surface area is 182 Å². The number of rotatable bonds is 3. The molecule has 0 radical (unpaired) electrons. The van der Waals surface area contributed by atoms with Crippen molar-refractivity contribution >= 4 is 17.6 Å². The maximum Gasteiger partial charge on any atom is 0.316 e. The van der Waals surface area contributed by atoms with Crippen molar-refractivity contribution in [3.05, 3.63) is 41.5 Å².